The Bertz CT molecular complexity index is 912. The van der Waals surface area contributed by atoms with E-state index >= 15 is 0 Å². The Morgan fingerprint density at radius 1 is 1.03 bits per heavy atom. The van der Waals surface area contributed by atoms with E-state index in [1.54, 1.807) is 13.0 Å². The number of carbonyl (C=O) groups excluding carboxylic acids is 3. The zero-order chi connectivity index (χ0) is 21.6. The molecule has 0 bridgehead atoms. The van der Waals surface area contributed by atoms with Crippen LogP contribution < -0.4 is 5.32 Å². The number of thioether (sulfide) groups is 1. The molecule has 2 rings (SSSR count). The molecular weight excluding hydrogens is 393 g/mol. The molecule has 0 spiro atoms. The van der Waals surface area contributed by atoms with Crippen molar-refractivity contribution in [1.29, 1.82) is 0 Å². The summed E-state index contributed by atoms with van der Waals surface area (Å²) in [5.41, 5.74) is 3.96. The van der Waals surface area contributed by atoms with Crippen LogP contribution in [0.3, 0.4) is 0 Å². The van der Waals surface area contributed by atoms with Crippen LogP contribution in [-0.4, -0.2) is 35.3 Å². The van der Waals surface area contributed by atoms with Crippen molar-refractivity contribution in [3.05, 3.63) is 64.5 Å². The SMILES string of the molecule is Cc1cc(C)c(C(=O)COC(=O)[C@@H](C)SCC(=O)Nc2ccc(F)cc2)cc1C. The van der Waals surface area contributed by atoms with Gasteiger partial charge in [0.15, 0.2) is 6.61 Å². The van der Waals surface area contributed by atoms with Gasteiger partial charge in [0, 0.05) is 11.3 Å². The average Bonchev–Trinajstić information content (AvgIpc) is 2.68. The number of benzene rings is 2. The molecule has 5 nitrogen and oxygen atoms in total. The van der Waals surface area contributed by atoms with Crippen LogP contribution in [0, 0.1) is 26.6 Å². The van der Waals surface area contributed by atoms with Crippen molar-refractivity contribution >= 4 is 35.1 Å². The third kappa shape index (κ3) is 6.71. The lowest BCUT2D eigenvalue weighted by molar-refractivity contribution is -0.141. The monoisotopic (exact) mass is 417 g/mol. The first kappa shape index (κ1) is 22.6. The molecule has 1 amide bonds. The minimum atomic E-state index is -0.609. The van der Waals surface area contributed by atoms with E-state index in [4.69, 9.17) is 4.74 Å². The Balaban J connectivity index is 1.80. The van der Waals surface area contributed by atoms with Crippen molar-refractivity contribution in [2.45, 2.75) is 32.9 Å². The van der Waals surface area contributed by atoms with E-state index in [0.29, 0.717) is 11.3 Å². The molecule has 2 aromatic rings. The number of esters is 1. The molecule has 154 valence electrons. The lowest BCUT2D eigenvalue weighted by Crippen LogP contribution is -2.24. The molecule has 2 aromatic carbocycles. The van der Waals surface area contributed by atoms with Crippen molar-refractivity contribution in [2.75, 3.05) is 17.7 Å². The molecule has 0 aliphatic rings. The fourth-order valence-corrected chi connectivity index (χ4v) is 3.27. The van der Waals surface area contributed by atoms with Gasteiger partial charge in [0.05, 0.1) is 5.75 Å². The Morgan fingerprint density at radius 3 is 2.31 bits per heavy atom. The van der Waals surface area contributed by atoms with E-state index in [-0.39, 0.29) is 29.9 Å². The van der Waals surface area contributed by atoms with Gasteiger partial charge in [-0.05, 0) is 74.7 Å². The van der Waals surface area contributed by atoms with Gasteiger partial charge in [0.25, 0.3) is 0 Å². The first-order valence-corrected chi connectivity index (χ1v) is 10.2. The summed E-state index contributed by atoms with van der Waals surface area (Å²) in [7, 11) is 0. The molecule has 0 aliphatic carbocycles. The van der Waals surface area contributed by atoms with Crippen LogP contribution in [-0.2, 0) is 14.3 Å². The van der Waals surface area contributed by atoms with Gasteiger partial charge in [-0.25, -0.2) is 4.39 Å². The predicted octanol–water partition coefficient (Wildman–Crippen LogP) is 4.24. The molecule has 0 unspecified atom stereocenters. The minimum Gasteiger partial charge on any atom is -0.456 e. The summed E-state index contributed by atoms with van der Waals surface area (Å²) in [5, 5.41) is 2.01. The van der Waals surface area contributed by atoms with Crippen molar-refractivity contribution in [3.63, 3.8) is 0 Å². The summed E-state index contributed by atoms with van der Waals surface area (Å²) in [6.07, 6.45) is 0. The van der Waals surface area contributed by atoms with Gasteiger partial charge < -0.3 is 10.1 Å². The number of rotatable bonds is 8. The van der Waals surface area contributed by atoms with Crippen LogP contribution in [0.2, 0.25) is 0 Å². The van der Waals surface area contributed by atoms with Crippen LogP contribution in [0.1, 0.15) is 34.0 Å². The lowest BCUT2D eigenvalue weighted by atomic mass is 9.98. The van der Waals surface area contributed by atoms with Crippen molar-refractivity contribution in [1.82, 2.24) is 0 Å². The zero-order valence-electron chi connectivity index (χ0n) is 16.9. The maximum Gasteiger partial charge on any atom is 0.319 e. The van der Waals surface area contributed by atoms with Gasteiger partial charge in [-0.3, -0.25) is 14.4 Å². The summed E-state index contributed by atoms with van der Waals surface area (Å²) in [4.78, 5) is 36.4. The van der Waals surface area contributed by atoms with E-state index in [9.17, 15) is 18.8 Å². The number of hydrogen-bond acceptors (Lipinski definition) is 5. The molecule has 29 heavy (non-hydrogen) atoms. The van der Waals surface area contributed by atoms with Gasteiger partial charge in [-0.1, -0.05) is 6.07 Å². The molecular formula is C22H24FNO4S. The fraction of sp³-hybridized carbons (Fsp3) is 0.318. The topological polar surface area (TPSA) is 72.5 Å². The summed E-state index contributed by atoms with van der Waals surface area (Å²) in [6.45, 7) is 7.02. The van der Waals surface area contributed by atoms with Gasteiger partial charge >= 0.3 is 5.97 Å². The van der Waals surface area contributed by atoms with Crippen molar-refractivity contribution in [2.24, 2.45) is 0 Å². The van der Waals surface area contributed by atoms with Gasteiger partial charge in [0.2, 0.25) is 11.7 Å². The third-order valence-electron chi connectivity index (χ3n) is 4.41. The van der Waals surface area contributed by atoms with Crippen LogP contribution >= 0.6 is 11.8 Å². The molecule has 0 saturated carbocycles. The predicted molar refractivity (Wildman–Crippen MR) is 113 cm³/mol. The van der Waals surface area contributed by atoms with E-state index in [1.165, 1.54) is 24.3 Å². The number of hydrogen-bond donors (Lipinski definition) is 1. The van der Waals surface area contributed by atoms with E-state index in [0.717, 1.165) is 28.5 Å². The Hall–Kier alpha value is -2.67. The summed E-state index contributed by atoms with van der Waals surface area (Å²) in [6, 6.07) is 9.14. The minimum absolute atomic E-state index is 0.0256. The normalized spacial score (nSPS) is 11.6. The summed E-state index contributed by atoms with van der Waals surface area (Å²) >= 11 is 1.10. The number of amides is 1. The van der Waals surface area contributed by atoms with E-state index in [1.807, 2.05) is 26.8 Å². The molecule has 0 radical (unpaired) electrons. The quantitative estimate of drug-likeness (QED) is 0.514. The molecule has 7 heteroatoms. The number of nitrogens with one attached hydrogen (secondary N) is 1. The van der Waals surface area contributed by atoms with Crippen molar-refractivity contribution in [3.8, 4) is 0 Å². The number of aryl methyl sites for hydroxylation is 3. The van der Waals surface area contributed by atoms with Gasteiger partial charge in [-0.15, -0.1) is 11.8 Å². The lowest BCUT2D eigenvalue weighted by Gasteiger charge is -2.12. The standard InChI is InChI=1S/C22H24FNO4S/c1-13-9-15(3)19(10-14(13)2)20(25)11-28-22(27)16(4)29-12-21(26)24-18-7-5-17(23)6-8-18/h5-10,16H,11-12H2,1-4H3,(H,24,26)/t16-/m1/s1. The molecule has 1 N–H and O–H groups in total. The highest BCUT2D eigenvalue weighted by Crippen LogP contribution is 2.17. The second-order valence-electron chi connectivity index (χ2n) is 6.79. The van der Waals surface area contributed by atoms with E-state index in [2.05, 4.69) is 5.32 Å². The highest BCUT2D eigenvalue weighted by Gasteiger charge is 2.19. The van der Waals surface area contributed by atoms with Gasteiger partial charge in [0.1, 0.15) is 11.1 Å². The number of ketones is 1. The van der Waals surface area contributed by atoms with Crippen LogP contribution in [0.25, 0.3) is 0 Å². The molecule has 0 heterocycles. The number of ether oxygens (including phenoxy) is 1. The van der Waals surface area contributed by atoms with Crippen LogP contribution in [0.4, 0.5) is 10.1 Å². The Labute approximate surface area is 174 Å². The Kier molecular flexibility index (Phi) is 7.96. The highest BCUT2D eigenvalue weighted by atomic mass is 32.2. The number of anilines is 1. The maximum absolute atomic E-state index is 12.9. The molecule has 0 aliphatic heterocycles. The first-order valence-electron chi connectivity index (χ1n) is 9.12. The number of Topliss-reactive ketones (excluding diaryl/α,β-unsaturated/α-hetero) is 1. The molecule has 0 saturated heterocycles. The third-order valence-corrected chi connectivity index (χ3v) is 5.53. The second kappa shape index (κ2) is 10.2. The first-order chi connectivity index (χ1) is 13.7. The highest BCUT2D eigenvalue weighted by molar-refractivity contribution is 8.01. The average molecular weight is 418 g/mol. The molecule has 1 atom stereocenters. The number of halogens is 1. The smallest absolute Gasteiger partial charge is 0.319 e. The molecule has 0 aromatic heterocycles. The second-order valence-corrected chi connectivity index (χ2v) is 8.12. The van der Waals surface area contributed by atoms with E-state index < -0.39 is 11.2 Å². The summed E-state index contributed by atoms with van der Waals surface area (Å²) in [5.74, 6) is -1.50. The van der Waals surface area contributed by atoms with Crippen LogP contribution in [0.5, 0.6) is 0 Å². The Morgan fingerprint density at radius 2 is 1.66 bits per heavy atom. The van der Waals surface area contributed by atoms with Crippen LogP contribution in [0.15, 0.2) is 36.4 Å². The largest absolute Gasteiger partial charge is 0.456 e. The van der Waals surface area contributed by atoms with Gasteiger partial charge in [-0.2, -0.15) is 0 Å². The van der Waals surface area contributed by atoms with Crippen molar-refractivity contribution < 1.29 is 23.5 Å². The zero-order valence-corrected chi connectivity index (χ0v) is 17.7. The fourth-order valence-electron chi connectivity index (χ4n) is 2.59. The maximum atomic E-state index is 12.9. The molecule has 0 fully saturated rings. The summed E-state index contributed by atoms with van der Waals surface area (Å²) < 4.78 is 18.0. The number of carbonyl (C=O) groups is 3.